The highest BCUT2D eigenvalue weighted by molar-refractivity contribution is 8.00. The van der Waals surface area contributed by atoms with E-state index in [2.05, 4.69) is 0 Å². The van der Waals surface area contributed by atoms with Gasteiger partial charge in [0.25, 0.3) is 10.1 Å². The van der Waals surface area contributed by atoms with Gasteiger partial charge in [0.05, 0.1) is 19.0 Å². The molecule has 0 radical (unpaired) electrons. The van der Waals surface area contributed by atoms with Crippen molar-refractivity contribution >= 4 is 27.7 Å². The number of ether oxygens (including phenoxy) is 1. The largest absolute Gasteiger partial charge is 0.379 e. The number of rotatable bonds is 8. The Labute approximate surface area is 125 Å². The summed E-state index contributed by atoms with van der Waals surface area (Å²) in [4.78, 5) is 11.9. The van der Waals surface area contributed by atoms with E-state index in [0.29, 0.717) is 25.9 Å². The van der Waals surface area contributed by atoms with Gasteiger partial charge in [-0.2, -0.15) is 20.2 Å². The summed E-state index contributed by atoms with van der Waals surface area (Å²) < 4.78 is 35.8. The van der Waals surface area contributed by atoms with Gasteiger partial charge in [-0.25, -0.2) is 0 Å². The molecule has 0 amide bonds. The number of carbonyl (C=O) groups is 1. The van der Waals surface area contributed by atoms with Crippen molar-refractivity contribution < 1.29 is 22.5 Å². The Balaban J connectivity index is 2.56. The van der Waals surface area contributed by atoms with Gasteiger partial charge in [0.1, 0.15) is 5.78 Å². The molecule has 0 aromatic carbocycles. The lowest BCUT2D eigenvalue weighted by molar-refractivity contribution is -0.123. The lowest BCUT2D eigenvalue weighted by Gasteiger charge is -2.30. The van der Waals surface area contributed by atoms with Gasteiger partial charge in [-0.05, 0) is 18.8 Å². The van der Waals surface area contributed by atoms with Crippen molar-refractivity contribution in [3.05, 3.63) is 0 Å². The zero-order valence-corrected chi connectivity index (χ0v) is 13.7. The molecule has 1 saturated heterocycles. The Morgan fingerprint density at radius 3 is 2.65 bits per heavy atom. The van der Waals surface area contributed by atoms with Crippen LogP contribution in [0.4, 0.5) is 0 Å². The maximum Gasteiger partial charge on any atom is 0.264 e. The first-order valence-electron chi connectivity index (χ1n) is 6.97. The molecule has 1 fully saturated rings. The average molecular weight is 324 g/mol. The first-order valence-corrected chi connectivity index (χ1v) is 9.62. The summed E-state index contributed by atoms with van der Waals surface area (Å²) in [7, 11) is -3.92. The minimum absolute atomic E-state index is 0.00594. The fourth-order valence-corrected chi connectivity index (χ4v) is 3.96. The third kappa shape index (κ3) is 7.06. The van der Waals surface area contributed by atoms with Gasteiger partial charge in [-0.15, -0.1) is 0 Å². The van der Waals surface area contributed by atoms with E-state index in [0.717, 1.165) is 12.4 Å². The zero-order valence-electron chi connectivity index (χ0n) is 12.1. The second-order valence-corrected chi connectivity index (χ2v) is 8.42. The Morgan fingerprint density at radius 1 is 1.45 bits per heavy atom. The van der Waals surface area contributed by atoms with Crippen LogP contribution in [0.25, 0.3) is 0 Å². The summed E-state index contributed by atoms with van der Waals surface area (Å²) >= 11 is 1.79. The third-order valence-corrected chi connectivity index (χ3v) is 5.61. The van der Waals surface area contributed by atoms with Crippen LogP contribution in [-0.2, 0) is 19.6 Å². The van der Waals surface area contributed by atoms with Crippen molar-refractivity contribution in [1.82, 2.24) is 0 Å². The molecule has 0 spiro atoms. The molecule has 20 heavy (non-hydrogen) atoms. The van der Waals surface area contributed by atoms with E-state index >= 15 is 0 Å². The van der Waals surface area contributed by atoms with Gasteiger partial charge >= 0.3 is 0 Å². The summed E-state index contributed by atoms with van der Waals surface area (Å²) in [5.74, 6) is 0.992. The van der Waals surface area contributed by atoms with Crippen LogP contribution >= 0.6 is 11.8 Å². The zero-order chi connectivity index (χ0) is 15.2. The van der Waals surface area contributed by atoms with Crippen molar-refractivity contribution in [3.63, 3.8) is 0 Å². The highest BCUT2D eigenvalue weighted by Crippen LogP contribution is 2.30. The van der Waals surface area contributed by atoms with Crippen LogP contribution < -0.4 is 0 Å². The topological polar surface area (TPSA) is 80.7 Å². The summed E-state index contributed by atoms with van der Waals surface area (Å²) in [5, 5.41) is 0.243. The highest BCUT2D eigenvalue weighted by atomic mass is 32.2. The van der Waals surface area contributed by atoms with E-state index in [1.165, 1.54) is 0 Å². The van der Waals surface area contributed by atoms with Crippen LogP contribution in [0, 0.1) is 11.8 Å². The summed E-state index contributed by atoms with van der Waals surface area (Å²) in [6.07, 6.45) is 1.47. The molecule has 7 heteroatoms. The molecule has 1 heterocycles. The van der Waals surface area contributed by atoms with E-state index in [1.807, 2.05) is 13.8 Å². The fourth-order valence-electron chi connectivity index (χ4n) is 2.22. The van der Waals surface area contributed by atoms with Crippen molar-refractivity contribution in [2.75, 3.05) is 24.7 Å². The molecule has 1 aliphatic rings. The first-order chi connectivity index (χ1) is 9.29. The van der Waals surface area contributed by atoms with Crippen LogP contribution in [0.2, 0.25) is 0 Å². The normalized spacial score (nSPS) is 21.9. The van der Waals surface area contributed by atoms with Gasteiger partial charge in [-0.1, -0.05) is 13.8 Å². The molecule has 0 bridgehead atoms. The second-order valence-electron chi connectivity index (χ2n) is 5.50. The van der Waals surface area contributed by atoms with Crippen molar-refractivity contribution in [2.45, 2.75) is 38.4 Å². The molecule has 5 nitrogen and oxygen atoms in total. The number of hydrogen-bond donors (Lipinski definition) is 1. The van der Waals surface area contributed by atoms with Crippen LogP contribution in [0.3, 0.4) is 0 Å². The highest BCUT2D eigenvalue weighted by Gasteiger charge is 2.27. The molecule has 2 unspecified atom stereocenters. The van der Waals surface area contributed by atoms with E-state index in [4.69, 9.17) is 9.29 Å². The van der Waals surface area contributed by atoms with Crippen LogP contribution in [0.15, 0.2) is 0 Å². The lowest BCUT2D eigenvalue weighted by atomic mass is 9.90. The van der Waals surface area contributed by atoms with Crippen LogP contribution in [0.5, 0.6) is 0 Å². The van der Waals surface area contributed by atoms with Crippen LogP contribution in [-0.4, -0.2) is 48.7 Å². The maximum atomic E-state index is 11.9. The van der Waals surface area contributed by atoms with E-state index in [-0.39, 0.29) is 28.6 Å². The average Bonchev–Trinajstić information content (AvgIpc) is 2.37. The Kier molecular flexibility index (Phi) is 7.50. The van der Waals surface area contributed by atoms with E-state index in [9.17, 15) is 13.2 Å². The maximum absolute atomic E-state index is 11.9. The van der Waals surface area contributed by atoms with Crippen molar-refractivity contribution in [3.8, 4) is 0 Å². The molecule has 2 atom stereocenters. The van der Waals surface area contributed by atoms with Crippen LogP contribution in [0.1, 0.15) is 33.1 Å². The first kappa shape index (κ1) is 17.9. The number of ketones is 1. The molecular formula is C13H24O5S2. The van der Waals surface area contributed by atoms with Crippen molar-refractivity contribution in [1.29, 1.82) is 0 Å². The van der Waals surface area contributed by atoms with Gasteiger partial charge in [0.2, 0.25) is 0 Å². The predicted octanol–water partition coefficient (Wildman–Crippen LogP) is 2.02. The molecule has 0 aromatic rings. The fraction of sp³-hybridized carbons (Fsp3) is 0.923. The molecule has 1 rings (SSSR count). The molecule has 0 aliphatic carbocycles. The molecule has 1 N–H and O–H groups in total. The molecule has 118 valence electrons. The number of hydrogen-bond acceptors (Lipinski definition) is 5. The molecule has 0 aromatic heterocycles. The van der Waals surface area contributed by atoms with Crippen molar-refractivity contribution in [2.24, 2.45) is 11.8 Å². The smallest absolute Gasteiger partial charge is 0.264 e. The summed E-state index contributed by atoms with van der Waals surface area (Å²) in [6.45, 7) is 5.10. The number of Topliss-reactive ketones (excluding diaryl/α,β-unsaturated/α-hetero) is 1. The Hall–Kier alpha value is -0.110. The Morgan fingerprint density at radius 2 is 2.15 bits per heavy atom. The van der Waals surface area contributed by atoms with Gasteiger partial charge in [0.15, 0.2) is 0 Å². The van der Waals surface area contributed by atoms with Gasteiger partial charge in [0, 0.05) is 23.3 Å². The van der Waals surface area contributed by atoms with E-state index in [1.54, 1.807) is 11.8 Å². The lowest BCUT2D eigenvalue weighted by Crippen LogP contribution is -2.31. The number of thioether (sulfide) groups is 1. The second kappa shape index (κ2) is 8.36. The van der Waals surface area contributed by atoms with Gasteiger partial charge < -0.3 is 4.74 Å². The molecular weight excluding hydrogens is 300 g/mol. The van der Waals surface area contributed by atoms with Gasteiger partial charge in [-0.3, -0.25) is 9.35 Å². The summed E-state index contributed by atoms with van der Waals surface area (Å²) in [6, 6.07) is 0. The third-order valence-electron chi connectivity index (χ3n) is 3.45. The van der Waals surface area contributed by atoms with E-state index < -0.39 is 10.1 Å². The molecule has 0 saturated carbocycles. The summed E-state index contributed by atoms with van der Waals surface area (Å²) in [5.41, 5.74) is 0. The minimum atomic E-state index is -3.92. The SMILES string of the molecule is CC(C)C(=O)CC(CCCS(=O)(=O)O)C1COCCS1. The monoisotopic (exact) mass is 324 g/mol. The predicted molar refractivity (Wildman–Crippen MR) is 80.7 cm³/mol. The Bertz CT molecular complexity index is 399. The molecule has 1 aliphatic heterocycles. The number of carbonyl (C=O) groups excluding carboxylic acids is 1. The quantitative estimate of drug-likeness (QED) is 0.688. The minimum Gasteiger partial charge on any atom is -0.379 e. The standard InChI is InChI=1S/C13H24O5S2/c1-10(2)12(14)8-11(4-3-7-20(15,16)17)13-9-18-5-6-19-13/h10-11,13H,3-9H2,1-2H3,(H,15,16,17).